The predicted octanol–water partition coefficient (Wildman–Crippen LogP) is 4.02. The molecule has 8 heteroatoms. The van der Waals surface area contributed by atoms with E-state index in [0.29, 0.717) is 31.5 Å². The molecule has 0 aliphatic carbocycles. The molecule has 0 radical (unpaired) electrons. The zero-order valence-corrected chi connectivity index (χ0v) is 20.3. The number of morpholine rings is 1. The second-order valence-electron chi connectivity index (χ2n) is 7.93. The van der Waals surface area contributed by atoms with Gasteiger partial charge in [-0.25, -0.2) is 0 Å². The van der Waals surface area contributed by atoms with E-state index in [1.165, 1.54) is 17.4 Å². The van der Waals surface area contributed by atoms with Crippen LogP contribution < -0.4 is 4.90 Å². The molecular formula is C25H31N5O2S. The van der Waals surface area contributed by atoms with Crippen molar-refractivity contribution in [1.29, 1.82) is 0 Å². The molecule has 1 aliphatic heterocycles. The first-order chi connectivity index (χ1) is 16.1. The van der Waals surface area contributed by atoms with Crippen LogP contribution in [0.1, 0.15) is 24.7 Å². The van der Waals surface area contributed by atoms with Crippen molar-refractivity contribution in [2.75, 3.05) is 44.3 Å². The van der Waals surface area contributed by atoms with Crippen molar-refractivity contribution in [3.63, 3.8) is 0 Å². The van der Waals surface area contributed by atoms with E-state index in [1.807, 2.05) is 46.8 Å². The molecule has 33 heavy (non-hydrogen) atoms. The predicted molar refractivity (Wildman–Crippen MR) is 132 cm³/mol. The van der Waals surface area contributed by atoms with Gasteiger partial charge in [0.1, 0.15) is 5.25 Å². The van der Waals surface area contributed by atoms with Gasteiger partial charge in [0.15, 0.2) is 11.0 Å². The van der Waals surface area contributed by atoms with Gasteiger partial charge in [0.2, 0.25) is 5.91 Å². The lowest BCUT2D eigenvalue weighted by molar-refractivity contribution is -0.134. The first-order valence-corrected chi connectivity index (χ1v) is 12.3. The Balaban J connectivity index is 1.58. The summed E-state index contributed by atoms with van der Waals surface area (Å²) >= 11 is 1.45. The molecule has 2 aromatic carbocycles. The van der Waals surface area contributed by atoms with Crippen LogP contribution in [-0.2, 0) is 16.6 Å². The highest BCUT2D eigenvalue weighted by molar-refractivity contribution is 8.00. The summed E-state index contributed by atoms with van der Waals surface area (Å²) in [4.78, 5) is 17.6. The Morgan fingerprint density at radius 1 is 1.03 bits per heavy atom. The average Bonchev–Trinajstić information content (AvgIpc) is 3.24. The fraction of sp³-hybridized carbons (Fsp3) is 0.400. The van der Waals surface area contributed by atoms with E-state index in [2.05, 4.69) is 53.2 Å². The van der Waals surface area contributed by atoms with E-state index in [-0.39, 0.29) is 11.2 Å². The topological polar surface area (TPSA) is 63.5 Å². The summed E-state index contributed by atoms with van der Waals surface area (Å²) < 4.78 is 7.40. The summed E-state index contributed by atoms with van der Waals surface area (Å²) in [6, 6.07) is 18.3. The third-order valence-corrected chi connectivity index (χ3v) is 7.24. The number of carbonyl (C=O) groups excluding carboxylic acids is 1. The number of hydrogen-bond acceptors (Lipinski definition) is 6. The SMILES string of the molecule is CCN(CC)c1ccc(-c2nnc(S[C@@H](C(=O)N3CCOCC3)c3ccccc3)n2C)cc1. The summed E-state index contributed by atoms with van der Waals surface area (Å²) in [5.74, 6) is 0.872. The number of aromatic nitrogens is 3. The Hall–Kier alpha value is -2.84. The van der Waals surface area contributed by atoms with E-state index in [4.69, 9.17) is 4.74 Å². The van der Waals surface area contributed by atoms with Crippen LogP contribution in [0, 0.1) is 0 Å². The van der Waals surface area contributed by atoms with Crippen LogP contribution in [0.25, 0.3) is 11.4 Å². The fourth-order valence-electron chi connectivity index (χ4n) is 4.02. The second kappa shape index (κ2) is 10.9. The van der Waals surface area contributed by atoms with E-state index < -0.39 is 0 Å². The Morgan fingerprint density at radius 2 is 1.70 bits per heavy atom. The number of nitrogens with zero attached hydrogens (tertiary/aromatic N) is 5. The van der Waals surface area contributed by atoms with Gasteiger partial charge in [-0.15, -0.1) is 10.2 Å². The molecule has 0 unspecified atom stereocenters. The maximum absolute atomic E-state index is 13.4. The number of rotatable bonds is 8. The van der Waals surface area contributed by atoms with Gasteiger partial charge in [-0.05, 0) is 43.7 Å². The number of ether oxygens (including phenoxy) is 1. The largest absolute Gasteiger partial charge is 0.378 e. The first-order valence-electron chi connectivity index (χ1n) is 11.4. The maximum atomic E-state index is 13.4. The van der Waals surface area contributed by atoms with E-state index in [1.54, 1.807) is 0 Å². The number of carbonyl (C=O) groups is 1. The number of amides is 1. The molecule has 1 amide bonds. The van der Waals surface area contributed by atoms with Gasteiger partial charge in [-0.1, -0.05) is 42.1 Å². The van der Waals surface area contributed by atoms with Crippen molar-refractivity contribution in [3.8, 4) is 11.4 Å². The maximum Gasteiger partial charge on any atom is 0.240 e. The number of hydrogen-bond donors (Lipinski definition) is 0. The van der Waals surface area contributed by atoms with Gasteiger partial charge in [-0.3, -0.25) is 4.79 Å². The van der Waals surface area contributed by atoms with Gasteiger partial charge in [0, 0.05) is 44.5 Å². The third kappa shape index (κ3) is 5.23. The summed E-state index contributed by atoms with van der Waals surface area (Å²) in [7, 11) is 1.96. The molecule has 1 aromatic heterocycles. The molecule has 0 N–H and O–H groups in total. The van der Waals surface area contributed by atoms with E-state index in [9.17, 15) is 4.79 Å². The van der Waals surface area contributed by atoms with Crippen LogP contribution in [0.3, 0.4) is 0 Å². The van der Waals surface area contributed by atoms with Crippen molar-refractivity contribution in [1.82, 2.24) is 19.7 Å². The van der Waals surface area contributed by atoms with Crippen LogP contribution >= 0.6 is 11.8 Å². The summed E-state index contributed by atoms with van der Waals surface area (Å²) in [6.45, 7) is 8.65. The van der Waals surface area contributed by atoms with Crippen molar-refractivity contribution >= 4 is 23.4 Å². The Labute approximate surface area is 199 Å². The average molecular weight is 466 g/mol. The molecule has 1 saturated heterocycles. The van der Waals surface area contributed by atoms with Crippen LogP contribution in [0.15, 0.2) is 59.8 Å². The molecule has 0 bridgehead atoms. The summed E-state index contributed by atoms with van der Waals surface area (Å²) in [6.07, 6.45) is 0. The zero-order valence-electron chi connectivity index (χ0n) is 19.5. The second-order valence-corrected chi connectivity index (χ2v) is 9.00. The van der Waals surface area contributed by atoms with Crippen LogP contribution in [0.4, 0.5) is 5.69 Å². The standard InChI is InChI=1S/C25H31N5O2S/c1-4-29(5-2)21-13-11-20(12-14-21)23-26-27-25(28(23)3)33-22(19-9-7-6-8-10-19)24(31)30-15-17-32-18-16-30/h6-14,22H,4-5,15-18H2,1-3H3/t22-/m1/s1. The lowest BCUT2D eigenvalue weighted by atomic mass is 10.1. The third-order valence-electron chi connectivity index (χ3n) is 5.96. The molecule has 4 rings (SSSR count). The molecule has 2 heterocycles. The Morgan fingerprint density at radius 3 is 2.33 bits per heavy atom. The molecule has 0 saturated carbocycles. The first kappa shape index (κ1) is 23.3. The Kier molecular flexibility index (Phi) is 7.67. The minimum Gasteiger partial charge on any atom is -0.378 e. The monoisotopic (exact) mass is 465 g/mol. The van der Waals surface area contributed by atoms with E-state index >= 15 is 0 Å². The fourth-order valence-corrected chi connectivity index (χ4v) is 5.11. The molecule has 3 aromatic rings. The molecule has 0 spiro atoms. The lowest BCUT2D eigenvalue weighted by Gasteiger charge is -2.30. The normalized spacial score (nSPS) is 14.8. The van der Waals surface area contributed by atoms with Crippen LogP contribution in [0.2, 0.25) is 0 Å². The van der Waals surface area contributed by atoms with Gasteiger partial charge in [0.05, 0.1) is 13.2 Å². The minimum absolute atomic E-state index is 0.0858. The number of benzene rings is 2. The quantitative estimate of drug-likeness (QED) is 0.468. The smallest absolute Gasteiger partial charge is 0.240 e. The van der Waals surface area contributed by atoms with Crippen molar-refractivity contribution in [2.45, 2.75) is 24.3 Å². The minimum atomic E-state index is -0.384. The summed E-state index contributed by atoms with van der Waals surface area (Å²) in [5, 5.41) is 9.23. The molecular weight excluding hydrogens is 434 g/mol. The van der Waals surface area contributed by atoms with Crippen molar-refractivity contribution in [3.05, 3.63) is 60.2 Å². The van der Waals surface area contributed by atoms with Gasteiger partial charge < -0.3 is 19.1 Å². The molecule has 174 valence electrons. The van der Waals surface area contributed by atoms with E-state index in [0.717, 1.165) is 30.0 Å². The highest BCUT2D eigenvalue weighted by Gasteiger charge is 2.30. The highest BCUT2D eigenvalue weighted by Crippen LogP contribution is 2.37. The summed E-state index contributed by atoms with van der Waals surface area (Å²) in [5.41, 5.74) is 3.16. The number of anilines is 1. The Bertz CT molecular complexity index is 1040. The van der Waals surface area contributed by atoms with Gasteiger partial charge in [-0.2, -0.15) is 0 Å². The molecule has 7 nitrogen and oxygen atoms in total. The van der Waals surface area contributed by atoms with Gasteiger partial charge >= 0.3 is 0 Å². The molecule has 1 fully saturated rings. The van der Waals surface area contributed by atoms with Crippen molar-refractivity contribution in [2.24, 2.45) is 7.05 Å². The molecule has 1 aliphatic rings. The highest BCUT2D eigenvalue weighted by atomic mass is 32.2. The number of thioether (sulfide) groups is 1. The van der Waals surface area contributed by atoms with Crippen LogP contribution in [0.5, 0.6) is 0 Å². The van der Waals surface area contributed by atoms with Crippen LogP contribution in [-0.4, -0.2) is 65.0 Å². The zero-order chi connectivity index (χ0) is 23.2. The lowest BCUT2D eigenvalue weighted by Crippen LogP contribution is -2.42. The van der Waals surface area contributed by atoms with Crippen molar-refractivity contribution < 1.29 is 9.53 Å². The van der Waals surface area contributed by atoms with Gasteiger partial charge in [0.25, 0.3) is 0 Å². The molecule has 1 atom stereocenters.